The third-order valence-corrected chi connectivity index (χ3v) is 6.65. The Morgan fingerprint density at radius 3 is 2.71 bits per heavy atom. The van der Waals surface area contributed by atoms with E-state index in [-0.39, 0.29) is 12.7 Å². The Kier molecular flexibility index (Phi) is 6.01. The number of cyclic esters (lactones) is 1. The summed E-state index contributed by atoms with van der Waals surface area (Å²) in [5.41, 5.74) is 0.359. The fraction of sp³-hybridized carbons (Fsp3) is 0.588. The Morgan fingerprint density at radius 2 is 2.18 bits per heavy atom. The molecule has 2 heterocycles. The smallest absolute Gasteiger partial charge is 0.407 e. The van der Waals surface area contributed by atoms with Crippen LogP contribution in [0.3, 0.4) is 0 Å². The van der Waals surface area contributed by atoms with Crippen LogP contribution in [0.4, 0.5) is 13.6 Å². The lowest BCUT2D eigenvalue weighted by Crippen LogP contribution is -2.73. The first kappa shape index (κ1) is 21.1. The number of carbonyl (C=O) groups excluding carboxylic acids is 1. The van der Waals surface area contributed by atoms with E-state index in [4.69, 9.17) is 4.74 Å². The van der Waals surface area contributed by atoms with E-state index in [1.165, 1.54) is 18.2 Å². The van der Waals surface area contributed by atoms with Gasteiger partial charge in [0.15, 0.2) is 12.1 Å². The molecule has 0 aromatic heterocycles. The summed E-state index contributed by atoms with van der Waals surface area (Å²) in [6, 6.07) is 4.58. The Labute approximate surface area is 162 Å². The Bertz CT molecular complexity index is 838. The summed E-state index contributed by atoms with van der Waals surface area (Å²) in [6.07, 6.45) is -1.40. The normalized spacial score (nSPS) is 30.9. The number of nitrogens with one attached hydrogen (secondary N) is 1. The van der Waals surface area contributed by atoms with Gasteiger partial charge in [-0.05, 0) is 25.6 Å². The van der Waals surface area contributed by atoms with Crippen molar-refractivity contribution in [1.82, 2.24) is 10.3 Å². The number of halogens is 2. The van der Waals surface area contributed by atoms with E-state index in [2.05, 4.69) is 9.50 Å². The van der Waals surface area contributed by atoms with Crippen LogP contribution in [0.2, 0.25) is 0 Å². The van der Waals surface area contributed by atoms with E-state index in [9.17, 15) is 22.0 Å². The van der Waals surface area contributed by atoms with Crippen LogP contribution in [0, 0.1) is 5.82 Å². The van der Waals surface area contributed by atoms with Crippen molar-refractivity contribution in [3.05, 3.63) is 35.6 Å². The largest absolute Gasteiger partial charge is 0.537 e. The fourth-order valence-corrected chi connectivity index (χ4v) is 4.86. The second-order valence-electron chi connectivity index (χ2n) is 6.81. The second-order valence-corrected chi connectivity index (χ2v) is 8.59. The summed E-state index contributed by atoms with van der Waals surface area (Å²) in [5, 5.41) is 4.79. The summed E-state index contributed by atoms with van der Waals surface area (Å²) in [5.74, 6) is -1.15. The zero-order valence-electron chi connectivity index (χ0n) is 15.7. The van der Waals surface area contributed by atoms with Crippen LogP contribution in [0.5, 0.6) is 0 Å². The second kappa shape index (κ2) is 7.99. The molecule has 4 unspecified atom stereocenters. The third-order valence-electron chi connectivity index (χ3n) is 5.40. The summed E-state index contributed by atoms with van der Waals surface area (Å²) in [4.78, 5) is 13.0. The predicted molar refractivity (Wildman–Crippen MR) is 95.5 cm³/mol. The molecular weight excluding hydrogens is 396 g/mol. The Hall–Kier alpha value is -1.66. The van der Waals surface area contributed by atoms with E-state index < -0.39 is 51.2 Å². The van der Waals surface area contributed by atoms with Crippen molar-refractivity contribution in [1.29, 1.82) is 0 Å². The molecule has 28 heavy (non-hydrogen) atoms. The summed E-state index contributed by atoms with van der Waals surface area (Å²) in [6.45, 7) is -0.602. The standard InChI is InChI=1S/C17H24F2N3O5S/c1-20-15-6-8-21(15)22(9-7-18)16(12-4-3-5-13(19)10-12)14(27-17(22)23)11-28(24,25)26-2/h3-5,10,14-16,20H,6-9,11H2,1-2H3/q+1. The number of quaternary nitrogens is 1. The van der Waals surface area contributed by atoms with Gasteiger partial charge in [-0.1, -0.05) is 12.1 Å². The minimum atomic E-state index is -3.98. The highest BCUT2D eigenvalue weighted by atomic mass is 32.2. The van der Waals surface area contributed by atoms with Gasteiger partial charge in [0, 0.05) is 5.56 Å². The molecule has 0 saturated carbocycles. The zero-order valence-corrected chi connectivity index (χ0v) is 16.5. The number of benzene rings is 1. The Balaban J connectivity index is 2.13. The maximum atomic E-state index is 14.0. The molecule has 4 atom stereocenters. The molecule has 1 N–H and O–H groups in total. The summed E-state index contributed by atoms with van der Waals surface area (Å²) < 4.78 is 61.1. The van der Waals surface area contributed by atoms with Gasteiger partial charge in [0.05, 0.1) is 13.7 Å². The molecule has 3 rings (SSSR count). The predicted octanol–water partition coefficient (Wildman–Crippen LogP) is 1.31. The first-order valence-electron chi connectivity index (χ1n) is 8.92. The van der Waals surface area contributed by atoms with Crippen molar-refractivity contribution in [2.75, 3.05) is 39.7 Å². The molecule has 0 aliphatic carbocycles. The van der Waals surface area contributed by atoms with Gasteiger partial charge in [-0.3, -0.25) is 4.18 Å². The minimum Gasteiger partial charge on any atom is -0.407 e. The van der Waals surface area contributed by atoms with E-state index in [0.29, 0.717) is 12.1 Å². The van der Waals surface area contributed by atoms with Gasteiger partial charge >= 0.3 is 6.09 Å². The SMILES string of the molecule is CNC1CCN1[N+]1(CCF)C(=O)OC(CS(=O)(=O)OC)C1c1cccc(F)c1. The molecule has 1 aromatic carbocycles. The van der Waals surface area contributed by atoms with Crippen molar-refractivity contribution < 1.29 is 35.5 Å². The maximum absolute atomic E-state index is 14.0. The minimum absolute atomic E-state index is 0.215. The van der Waals surface area contributed by atoms with E-state index >= 15 is 0 Å². The summed E-state index contributed by atoms with van der Waals surface area (Å²) in [7, 11) is -1.26. The van der Waals surface area contributed by atoms with Gasteiger partial charge in [-0.15, -0.1) is 9.60 Å². The van der Waals surface area contributed by atoms with Gasteiger partial charge in [-0.25, -0.2) is 8.78 Å². The van der Waals surface area contributed by atoms with Gasteiger partial charge in [0.25, 0.3) is 10.1 Å². The highest BCUT2D eigenvalue weighted by Crippen LogP contribution is 2.45. The fourth-order valence-electron chi connectivity index (χ4n) is 4.07. The first-order chi connectivity index (χ1) is 13.3. The number of amides is 1. The molecule has 2 aliphatic rings. The van der Waals surface area contributed by atoms with Crippen LogP contribution in [-0.4, -0.2) is 76.1 Å². The van der Waals surface area contributed by atoms with Crippen molar-refractivity contribution in [2.45, 2.75) is 24.7 Å². The van der Waals surface area contributed by atoms with E-state index in [0.717, 1.165) is 13.5 Å². The molecule has 2 saturated heterocycles. The molecule has 0 bridgehead atoms. The van der Waals surface area contributed by atoms with E-state index in [1.54, 1.807) is 18.1 Å². The molecule has 2 fully saturated rings. The van der Waals surface area contributed by atoms with E-state index in [1.807, 2.05) is 0 Å². The number of alkyl halides is 1. The topological polar surface area (TPSA) is 84.9 Å². The number of nitrogens with zero attached hydrogens (tertiary/aromatic N) is 2. The van der Waals surface area contributed by atoms with Crippen LogP contribution in [0.1, 0.15) is 18.0 Å². The van der Waals surface area contributed by atoms with Crippen LogP contribution in [0.15, 0.2) is 24.3 Å². The quantitative estimate of drug-likeness (QED) is 0.501. The van der Waals surface area contributed by atoms with Gasteiger partial charge in [0.1, 0.15) is 31.0 Å². The number of carbonyl (C=O) groups is 1. The highest BCUT2D eigenvalue weighted by Gasteiger charge is 2.65. The lowest BCUT2D eigenvalue weighted by atomic mass is 9.99. The number of hydrogen-bond donors (Lipinski definition) is 1. The maximum Gasteiger partial charge on any atom is 0.537 e. The van der Waals surface area contributed by atoms with Gasteiger partial charge in [0.2, 0.25) is 0 Å². The molecule has 1 aromatic rings. The van der Waals surface area contributed by atoms with Crippen molar-refractivity contribution >= 4 is 16.2 Å². The van der Waals surface area contributed by atoms with Crippen LogP contribution in [0.25, 0.3) is 0 Å². The monoisotopic (exact) mass is 420 g/mol. The Morgan fingerprint density at radius 1 is 1.43 bits per heavy atom. The summed E-state index contributed by atoms with van der Waals surface area (Å²) >= 11 is 0. The molecule has 1 amide bonds. The number of hydrogen-bond acceptors (Lipinski definition) is 7. The molecule has 0 spiro atoms. The highest BCUT2D eigenvalue weighted by molar-refractivity contribution is 7.86. The third kappa shape index (κ3) is 3.52. The van der Waals surface area contributed by atoms with Crippen molar-refractivity contribution in [2.24, 2.45) is 0 Å². The van der Waals surface area contributed by atoms with Crippen molar-refractivity contribution in [3.63, 3.8) is 0 Å². The molecule has 11 heteroatoms. The van der Waals surface area contributed by atoms with Crippen LogP contribution < -0.4 is 5.32 Å². The molecule has 0 radical (unpaired) electrons. The molecule has 156 valence electrons. The number of ether oxygens (including phenoxy) is 1. The van der Waals surface area contributed by atoms with Crippen LogP contribution in [-0.2, 0) is 19.0 Å². The molecular formula is C17H24F2N3O5S+. The molecule has 2 aliphatic heterocycles. The first-order valence-corrected chi connectivity index (χ1v) is 10.5. The average Bonchev–Trinajstić information content (AvgIpc) is 2.86. The van der Waals surface area contributed by atoms with Crippen molar-refractivity contribution in [3.8, 4) is 0 Å². The van der Waals surface area contributed by atoms with Gasteiger partial charge in [-0.2, -0.15) is 13.2 Å². The zero-order chi connectivity index (χ0) is 20.5. The van der Waals surface area contributed by atoms with Crippen LogP contribution >= 0.6 is 0 Å². The lowest BCUT2D eigenvalue weighted by Gasteiger charge is -2.50. The lowest BCUT2D eigenvalue weighted by molar-refractivity contribution is -0.998. The number of rotatable bonds is 8. The van der Waals surface area contributed by atoms with Gasteiger partial charge < -0.3 is 10.1 Å². The average molecular weight is 420 g/mol. The molecule has 8 nitrogen and oxygen atoms in total.